The van der Waals surface area contributed by atoms with Crippen LogP contribution in [0.4, 0.5) is 0 Å². The Morgan fingerprint density at radius 2 is 1.89 bits per heavy atom. The molecule has 0 amide bonds. The van der Waals surface area contributed by atoms with Crippen LogP contribution in [0.2, 0.25) is 0 Å². The van der Waals surface area contributed by atoms with Gasteiger partial charge in [0.2, 0.25) is 5.88 Å². The Hall–Kier alpha value is -2.76. The number of ether oxygens (including phenoxy) is 2. The van der Waals surface area contributed by atoms with E-state index in [4.69, 9.17) is 14.3 Å². The van der Waals surface area contributed by atoms with Crippen LogP contribution in [0, 0.1) is 13.8 Å². The van der Waals surface area contributed by atoms with Crippen LogP contribution in [-0.4, -0.2) is 36.1 Å². The highest BCUT2D eigenvalue weighted by molar-refractivity contribution is 5.79. The van der Waals surface area contributed by atoms with Gasteiger partial charge in [-0.1, -0.05) is 17.3 Å². The molecule has 152 valence electrons. The molecular formula is C22H31N3O3. The number of hydrogen-bond acceptors (Lipinski definition) is 5. The quantitative estimate of drug-likeness (QED) is 0.249. The van der Waals surface area contributed by atoms with Crippen molar-refractivity contribution in [1.82, 2.24) is 9.55 Å². The summed E-state index contributed by atoms with van der Waals surface area (Å²) in [4.78, 5) is 8.96. The van der Waals surface area contributed by atoms with E-state index in [1.807, 2.05) is 30.7 Å². The molecular weight excluding hydrogens is 354 g/mol. The van der Waals surface area contributed by atoms with E-state index in [9.17, 15) is 0 Å². The second-order valence-electron chi connectivity index (χ2n) is 6.68. The topological polar surface area (TPSA) is 57.9 Å². The predicted molar refractivity (Wildman–Crippen MR) is 112 cm³/mol. The van der Waals surface area contributed by atoms with Gasteiger partial charge in [-0.2, -0.15) is 0 Å². The van der Waals surface area contributed by atoms with E-state index < -0.39 is 0 Å². The summed E-state index contributed by atoms with van der Waals surface area (Å²) in [6.45, 7) is 7.54. The molecule has 0 radical (unpaired) electrons. The molecule has 6 nitrogen and oxygen atoms in total. The Bertz CT molecular complexity index is 786. The smallest absolute Gasteiger partial charge is 0.222 e. The first-order chi connectivity index (χ1) is 13.6. The number of aromatic nitrogens is 2. The summed E-state index contributed by atoms with van der Waals surface area (Å²) in [5.74, 6) is 1.64. The normalized spacial score (nSPS) is 11.5. The molecule has 0 saturated carbocycles. The fraction of sp³-hybridized carbons (Fsp3) is 0.455. The Morgan fingerprint density at radius 1 is 1.14 bits per heavy atom. The van der Waals surface area contributed by atoms with Gasteiger partial charge in [-0.25, -0.2) is 4.98 Å². The first kappa shape index (κ1) is 21.5. The van der Waals surface area contributed by atoms with Crippen molar-refractivity contribution in [3.8, 4) is 11.6 Å². The molecule has 1 aromatic carbocycles. The average molecular weight is 386 g/mol. The second kappa shape index (κ2) is 11.2. The van der Waals surface area contributed by atoms with Crippen molar-refractivity contribution in [1.29, 1.82) is 0 Å². The van der Waals surface area contributed by atoms with E-state index in [0.717, 1.165) is 25.0 Å². The molecule has 1 heterocycles. The van der Waals surface area contributed by atoms with Crippen LogP contribution in [0.5, 0.6) is 11.6 Å². The van der Waals surface area contributed by atoms with E-state index in [-0.39, 0.29) is 0 Å². The zero-order chi connectivity index (χ0) is 20.4. The van der Waals surface area contributed by atoms with Gasteiger partial charge < -0.3 is 18.9 Å². The van der Waals surface area contributed by atoms with Gasteiger partial charge in [0, 0.05) is 7.05 Å². The highest BCUT2D eigenvalue weighted by atomic mass is 16.6. The summed E-state index contributed by atoms with van der Waals surface area (Å²) in [5.41, 5.74) is 4.62. The van der Waals surface area contributed by atoms with Crippen molar-refractivity contribution in [2.45, 2.75) is 40.0 Å². The van der Waals surface area contributed by atoms with Crippen molar-refractivity contribution >= 4 is 6.21 Å². The zero-order valence-electron chi connectivity index (χ0n) is 17.6. The fourth-order valence-electron chi connectivity index (χ4n) is 3.05. The number of allylic oxidation sites excluding steroid dienone is 1. The molecule has 2 aromatic rings. The molecule has 0 atom stereocenters. The van der Waals surface area contributed by atoms with Crippen LogP contribution in [0.15, 0.2) is 35.8 Å². The minimum Gasteiger partial charge on any atom is -0.490 e. The summed E-state index contributed by atoms with van der Waals surface area (Å²) in [6, 6.07) is 4.25. The SMILES string of the molecule is C/C=C/COc1cc(C)c(CCCCOc2c(C=NOC)ncn2C)c(C)c1. The van der Waals surface area contributed by atoms with E-state index in [2.05, 4.69) is 36.1 Å². The second-order valence-corrected chi connectivity index (χ2v) is 6.68. The van der Waals surface area contributed by atoms with Crippen LogP contribution in [0.1, 0.15) is 42.1 Å². The average Bonchev–Trinajstić information content (AvgIpc) is 3.01. The van der Waals surface area contributed by atoms with Crippen molar-refractivity contribution in [2.75, 3.05) is 20.3 Å². The lowest BCUT2D eigenvalue weighted by Crippen LogP contribution is -2.05. The van der Waals surface area contributed by atoms with Crippen molar-refractivity contribution in [2.24, 2.45) is 12.2 Å². The van der Waals surface area contributed by atoms with Crippen LogP contribution in [0.3, 0.4) is 0 Å². The number of oxime groups is 1. The minimum atomic E-state index is 0.608. The predicted octanol–water partition coefficient (Wildman–Crippen LogP) is 4.37. The van der Waals surface area contributed by atoms with E-state index in [1.54, 1.807) is 12.5 Å². The number of rotatable bonds is 11. The van der Waals surface area contributed by atoms with Gasteiger partial charge in [-0.3, -0.25) is 0 Å². The molecule has 28 heavy (non-hydrogen) atoms. The number of hydrogen-bond donors (Lipinski definition) is 0. The number of benzene rings is 1. The Kier molecular flexibility index (Phi) is 8.59. The molecule has 0 bridgehead atoms. The Labute approximate surface area is 167 Å². The van der Waals surface area contributed by atoms with E-state index >= 15 is 0 Å². The maximum absolute atomic E-state index is 5.90. The van der Waals surface area contributed by atoms with Crippen molar-refractivity contribution < 1.29 is 14.3 Å². The lowest BCUT2D eigenvalue weighted by molar-refractivity contribution is 0.215. The third kappa shape index (κ3) is 6.15. The van der Waals surface area contributed by atoms with Crippen LogP contribution in [0.25, 0.3) is 0 Å². The Morgan fingerprint density at radius 3 is 2.57 bits per heavy atom. The maximum Gasteiger partial charge on any atom is 0.222 e. The standard InChI is InChI=1S/C22H31N3O3/c1-6-7-11-27-19-13-17(2)20(18(3)14-19)10-8-9-12-28-22-21(15-24-26-5)23-16-25(22)4/h6-7,13-16H,8-12H2,1-5H3/b7-6+,24-15?. The van der Waals surface area contributed by atoms with Gasteiger partial charge in [0.1, 0.15) is 25.2 Å². The monoisotopic (exact) mass is 385 g/mol. The molecule has 0 spiro atoms. The van der Waals surface area contributed by atoms with Crippen LogP contribution < -0.4 is 9.47 Å². The molecule has 0 aliphatic heterocycles. The first-order valence-electron chi connectivity index (χ1n) is 9.61. The van der Waals surface area contributed by atoms with E-state index in [0.29, 0.717) is 24.8 Å². The van der Waals surface area contributed by atoms with Gasteiger partial charge >= 0.3 is 0 Å². The summed E-state index contributed by atoms with van der Waals surface area (Å²) >= 11 is 0. The van der Waals surface area contributed by atoms with Gasteiger partial charge in [-0.05, 0) is 68.9 Å². The lowest BCUT2D eigenvalue weighted by atomic mass is 9.97. The number of nitrogens with zero attached hydrogens (tertiary/aromatic N) is 3. The largest absolute Gasteiger partial charge is 0.490 e. The van der Waals surface area contributed by atoms with E-state index in [1.165, 1.54) is 23.8 Å². The minimum absolute atomic E-state index is 0.608. The molecule has 2 rings (SSSR count). The summed E-state index contributed by atoms with van der Waals surface area (Å²) < 4.78 is 13.5. The third-order valence-corrected chi connectivity index (χ3v) is 4.50. The number of aryl methyl sites for hydroxylation is 3. The molecule has 0 saturated heterocycles. The first-order valence-corrected chi connectivity index (χ1v) is 9.61. The van der Waals surface area contributed by atoms with Gasteiger partial charge in [0.25, 0.3) is 0 Å². The summed E-state index contributed by atoms with van der Waals surface area (Å²) in [7, 11) is 3.41. The number of imidazole rings is 1. The Balaban J connectivity index is 1.84. The van der Waals surface area contributed by atoms with Crippen molar-refractivity contribution in [3.63, 3.8) is 0 Å². The summed E-state index contributed by atoms with van der Waals surface area (Å²) in [6.07, 6.45) is 10.3. The molecule has 0 unspecified atom stereocenters. The fourth-order valence-corrected chi connectivity index (χ4v) is 3.05. The third-order valence-electron chi connectivity index (χ3n) is 4.50. The van der Waals surface area contributed by atoms with Gasteiger partial charge in [-0.15, -0.1) is 0 Å². The lowest BCUT2D eigenvalue weighted by Gasteiger charge is -2.13. The molecule has 0 N–H and O–H groups in total. The van der Waals surface area contributed by atoms with Gasteiger partial charge in [0.15, 0.2) is 0 Å². The zero-order valence-corrected chi connectivity index (χ0v) is 17.6. The highest BCUT2D eigenvalue weighted by Gasteiger charge is 2.09. The molecule has 0 aliphatic rings. The summed E-state index contributed by atoms with van der Waals surface area (Å²) in [5, 5.41) is 3.76. The van der Waals surface area contributed by atoms with Crippen molar-refractivity contribution in [3.05, 3.63) is 53.0 Å². The van der Waals surface area contributed by atoms with Crippen LogP contribution in [-0.2, 0) is 18.3 Å². The van der Waals surface area contributed by atoms with Gasteiger partial charge in [0.05, 0.1) is 19.1 Å². The number of unbranched alkanes of at least 4 members (excludes halogenated alkanes) is 1. The van der Waals surface area contributed by atoms with Crippen LogP contribution >= 0.6 is 0 Å². The molecule has 0 fully saturated rings. The molecule has 6 heteroatoms. The molecule has 0 aliphatic carbocycles. The highest BCUT2D eigenvalue weighted by Crippen LogP contribution is 2.24. The maximum atomic E-state index is 5.90. The molecule has 1 aromatic heterocycles.